The van der Waals surface area contributed by atoms with Crippen LogP contribution in [0.1, 0.15) is 11.1 Å². The highest BCUT2D eigenvalue weighted by Crippen LogP contribution is 2.11. The van der Waals surface area contributed by atoms with Gasteiger partial charge in [-0.15, -0.1) is 0 Å². The molecule has 0 saturated heterocycles. The topological polar surface area (TPSA) is 49.3 Å². The molecule has 0 heterocycles. The zero-order valence-corrected chi connectivity index (χ0v) is 10.3. The van der Waals surface area contributed by atoms with Gasteiger partial charge < -0.3 is 10.4 Å². The lowest BCUT2D eigenvalue weighted by molar-refractivity contribution is -0.136. The quantitative estimate of drug-likeness (QED) is 0.867. The lowest BCUT2D eigenvalue weighted by Crippen LogP contribution is -2.02. The maximum absolute atomic E-state index is 12.7. The summed E-state index contributed by atoms with van der Waals surface area (Å²) in [5.74, 6) is -1.10. The molecular formula is C15H14FNO2. The highest BCUT2D eigenvalue weighted by Gasteiger charge is 2.00. The molecule has 0 aliphatic rings. The summed E-state index contributed by atoms with van der Waals surface area (Å²) < 4.78 is 12.7. The summed E-state index contributed by atoms with van der Waals surface area (Å²) in [6.45, 7) is 0.610. The van der Waals surface area contributed by atoms with E-state index in [2.05, 4.69) is 5.32 Å². The van der Waals surface area contributed by atoms with Gasteiger partial charge in [0.25, 0.3) is 0 Å². The van der Waals surface area contributed by atoms with Gasteiger partial charge in [0.15, 0.2) is 0 Å². The van der Waals surface area contributed by atoms with Gasteiger partial charge in [-0.3, -0.25) is 4.79 Å². The minimum Gasteiger partial charge on any atom is -0.481 e. The summed E-state index contributed by atoms with van der Waals surface area (Å²) >= 11 is 0. The van der Waals surface area contributed by atoms with Gasteiger partial charge in [0, 0.05) is 12.2 Å². The van der Waals surface area contributed by atoms with E-state index in [0.29, 0.717) is 6.54 Å². The molecule has 0 radical (unpaired) electrons. The highest BCUT2D eigenvalue weighted by atomic mass is 19.1. The maximum Gasteiger partial charge on any atom is 0.307 e. The minimum absolute atomic E-state index is 0.0334. The Hall–Kier alpha value is -2.36. The highest BCUT2D eigenvalue weighted by molar-refractivity contribution is 5.70. The van der Waals surface area contributed by atoms with E-state index in [1.165, 1.54) is 12.1 Å². The van der Waals surface area contributed by atoms with Gasteiger partial charge in [-0.25, -0.2) is 4.39 Å². The van der Waals surface area contributed by atoms with Crippen LogP contribution in [-0.4, -0.2) is 11.1 Å². The molecule has 0 fully saturated rings. The van der Waals surface area contributed by atoms with Crippen LogP contribution in [-0.2, 0) is 17.8 Å². The van der Waals surface area contributed by atoms with E-state index in [4.69, 9.17) is 5.11 Å². The standard InChI is InChI=1S/C15H14FNO2/c16-13-5-7-14(8-6-13)17-10-12-3-1-11(2-4-12)9-15(18)19/h1-8,17H,9-10H2,(H,18,19). The van der Waals surface area contributed by atoms with E-state index in [9.17, 15) is 9.18 Å². The van der Waals surface area contributed by atoms with Crippen molar-refractivity contribution in [1.82, 2.24) is 0 Å². The number of rotatable bonds is 5. The number of halogens is 1. The molecule has 0 aromatic heterocycles. The largest absolute Gasteiger partial charge is 0.481 e. The van der Waals surface area contributed by atoms with E-state index in [0.717, 1.165) is 16.8 Å². The second kappa shape index (κ2) is 6.00. The first kappa shape index (κ1) is 13.1. The lowest BCUT2D eigenvalue weighted by atomic mass is 10.1. The molecule has 2 N–H and O–H groups in total. The van der Waals surface area contributed by atoms with Crippen LogP contribution in [0.4, 0.5) is 10.1 Å². The Labute approximate surface area is 110 Å². The summed E-state index contributed by atoms with van der Waals surface area (Å²) in [6.07, 6.45) is 0.0334. The van der Waals surface area contributed by atoms with Crippen LogP contribution >= 0.6 is 0 Å². The van der Waals surface area contributed by atoms with Crippen LogP contribution in [0.2, 0.25) is 0 Å². The average Bonchev–Trinajstić information content (AvgIpc) is 2.39. The molecule has 2 aromatic rings. The minimum atomic E-state index is -0.836. The number of carbonyl (C=O) groups is 1. The molecule has 2 aromatic carbocycles. The van der Waals surface area contributed by atoms with Crippen molar-refractivity contribution in [2.45, 2.75) is 13.0 Å². The molecule has 98 valence electrons. The number of hydrogen-bond acceptors (Lipinski definition) is 2. The van der Waals surface area contributed by atoms with Crippen molar-refractivity contribution in [3.05, 3.63) is 65.5 Å². The second-order valence-electron chi connectivity index (χ2n) is 4.25. The Bertz CT molecular complexity index is 549. The SMILES string of the molecule is O=C(O)Cc1ccc(CNc2ccc(F)cc2)cc1. The van der Waals surface area contributed by atoms with E-state index in [1.54, 1.807) is 24.3 Å². The number of anilines is 1. The molecular weight excluding hydrogens is 245 g/mol. The number of nitrogens with one attached hydrogen (secondary N) is 1. The summed E-state index contributed by atoms with van der Waals surface area (Å²) in [5.41, 5.74) is 2.66. The monoisotopic (exact) mass is 259 g/mol. The van der Waals surface area contributed by atoms with Crippen LogP contribution in [0.15, 0.2) is 48.5 Å². The van der Waals surface area contributed by atoms with Crippen molar-refractivity contribution in [3.8, 4) is 0 Å². The Balaban J connectivity index is 1.92. The molecule has 0 bridgehead atoms. The van der Waals surface area contributed by atoms with Gasteiger partial charge in [0.2, 0.25) is 0 Å². The number of carboxylic acid groups (broad SMARTS) is 1. The number of carboxylic acids is 1. The molecule has 0 saturated carbocycles. The molecule has 0 amide bonds. The zero-order valence-electron chi connectivity index (χ0n) is 10.3. The smallest absolute Gasteiger partial charge is 0.307 e. The molecule has 19 heavy (non-hydrogen) atoms. The zero-order chi connectivity index (χ0) is 13.7. The van der Waals surface area contributed by atoms with Gasteiger partial charge in [0.05, 0.1) is 6.42 Å². The lowest BCUT2D eigenvalue weighted by Gasteiger charge is -2.07. The van der Waals surface area contributed by atoms with E-state index < -0.39 is 5.97 Å². The Morgan fingerprint density at radius 2 is 1.58 bits per heavy atom. The van der Waals surface area contributed by atoms with Crippen LogP contribution in [0.3, 0.4) is 0 Å². The third kappa shape index (κ3) is 4.10. The number of benzene rings is 2. The molecule has 3 nitrogen and oxygen atoms in total. The average molecular weight is 259 g/mol. The Morgan fingerprint density at radius 1 is 1.00 bits per heavy atom. The summed E-state index contributed by atoms with van der Waals surface area (Å²) in [7, 11) is 0. The fourth-order valence-corrected chi connectivity index (χ4v) is 1.72. The predicted molar refractivity (Wildman–Crippen MR) is 71.5 cm³/mol. The van der Waals surface area contributed by atoms with Crippen LogP contribution in [0.5, 0.6) is 0 Å². The molecule has 0 spiro atoms. The van der Waals surface area contributed by atoms with E-state index >= 15 is 0 Å². The van der Waals surface area contributed by atoms with Gasteiger partial charge in [0.1, 0.15) is 5.82 Å². The first-order valence-electron chi connectivity index (χ1n) is 5.92. The number of hydrogen-bond donors (Lipinski definition) is 2. The van der Waals surface area contributed by atoms with Crippen molar-refractivity contribution in [2.24, 2.45) is 0 Å². The fraction of sp³-hybridized carbons (Fsp3) is 0.133. The Kier molecular flexibility index (Phi) is 4.13. The van der Waals surface area contributed by atoms with Crippen LogP contribution < -0.4 is 5.32 Å². The first-order valence-corrected chi connectivity index (χ1v) is 5.92. The van der Waals surface area contributed by atoms with Crippen molar-refractivity contribution >= 4 is 11.7 Å². The van der Waals surface area contributed by atoms with Crippen molar-refractivity contribution in [1.29, 1.82) is 0 Å². The molecule has 0 unspecified atom stereocenters. The van der Waals surface area contributed by atoms with E-state index in [-0.39, 0.29) is 12.2 Å². The fourth-order valence-electron chi connectivity index (χ4n) is 1.72. The summed E-state index contributed by atoms with van der Waals surface area (Å²) in [5, 5.41) is 11.8. The third-order valence-electron chi connectivity index (χ3n) is 2.72. The van der Waals surface area contributed by atoms with Crippen molar-refractivity contribution in [2.75, 3.05) is 5.32 Å². The second-order valence-corrected chi connectivity index (χ2v) is 4.25. The van der Waals surface area contributed by atoms with Gasteiger partial charge in [-0.1, -0.05) is 24.3 Å². The molecule has 0 aliphatic carbocycles. The van der Waals surface area contributed by atoms with E-state index in [1.807, 2.05) is 12.1 Å². The van der Waals surface area contributed by atoms with Crippen LogP contribution in [0.25, 0.3) is 0 Å². The molecule has 4 heteroatoms. The maximum atomic E-state index is 12.7. The van der Waals surface area contributed by atoms with Gasteiger partial charge >= 0.3 is 5.97 Å². The number of aliphatic carboxylic acids is 1. The first-order chi connectivity index (χ1) is 9.13. The van der Waals surface area contributed by atoms with Crippen molar-refractivity contribution < 1.29 is 14.3 Å². The Morgan fingerprint density at radius 3 is 2.16 bits per heavy atom. The summed E-state index contributed by atoms with van der Waals surface area (Å²) in [6, 6.07) is 13.5. The molecule has 2 rings (SSSR count). The van der Waals surface area contributed by atoms with Gasteiger partial charge in [-0.2, -0.15) is 0 Å². The predicted octanol–water partition coefficient (Wildman–Crippen LogP) is 3.06. The third-order valence-corrected chi connectivity index (χ3v) is 2.72. The summed E-state index contributed by atoms with van der Waals surface area (Å²) in [4.78, 5) is 10.5. The molecule has 0 aliphatic heterocycles. The van der Waals surface area contributed by atoms with Gasteiger partial charge in [-0.05, 0) is 35.4 Å². The van der Waals surface area contributed by atoms with Crippen LogP contribution in [0, 0.1) is 5.82 Å². The molecule has 0 atom stereocenters. The van der Waals surface area contributed by atoms with Crippen molar-refractivity contribution in [3.63, 3.8) is 0 Å². The normalized spacial score (nSPS) is 10.2.